The molecule has 1 aliphatic rings. The van der Waals surface area contributed by atoms with E-state index in [2.05, 4.69) is 26.0 Å². The maximum Gasteiger partial charge on any atom is 0.262 e. The molecule has 0 radical (unpaired) electrons. The van der Waals surface area contributed by atoms with Gasteiger partial charge >= 0.3 is 0 Å². The molecule has 2 aromatic rings. The molecule has 1 aliphatic heterocycles. The summed E-state index contributed by atoms with van der Waals surface area (Å²) in [6, 6.07) is 9.97. The summed E-state index contributed by atoms with van der Waals surface area (Å²) in [6.45, 7) is -0.0131. The molecule has 0 atom stereocenters. The van der Waals surface area contributed by atoms with E-state index in [1.54, 1.807) is 31.4 Å². The van der Waals surface area contributed by atoms with E-state index in [1.807, 2.05) is 0 Å². The maximum absolute atomic E-state index is 12.6. The van der Waals surface area contributed by atoms with Crippen LogP contribution in [0.4, 0.5) is 5.69 Å². The van der Waals surface area contributed by atoms with Crippen molar-refractivity contribution < 1.29 is 22.7 Å². The average Bonchev–Trinajstić information content (AvgIpc) is 2.59. The molecule has 7 nitrogen and oxygen atoms in total. The number of hydrogen-bond donors (Lipinski definition) is 2. The minimum Gasteiger partial charge on any atom is -0.497 e. The third kappa shape index (κ3) is 3.94. The molecule has 0 aliphatic carbocycles. The number of methoxy groups -OCH3 is 1. The molecule has 0 fully saturated rings. The smallest absolute Gasteiger partial charge is 0.262 e. The zero-order valence-electron chi connectivity index (χ0n) is 13.2. The summed E-state index contributed by atoms with van der Waals surface area (Å²) in [5.74, 6) is 0.725. The topological polar surface area (TPSA) is 93.7 Å². The van der Waals surface area contributed by atoms with E-state index in [1.165, 1.54) is 12.1 Å². The highest BCUT2D eigenvalue weighted by Gasteiger charge is 2.24. The lowest BCUT2D eigenvalue weighted by Gasteiger charge is -2.19. The van der Waals surface area contributed by atoms with Crippen LogP contribution in [0.15, 0.2) is 45.8 Å². The van der Waals surface area contributed by atoms with Crippen molar-refractivity contribution >= 4 is 37.5 Å². The van der Waals surface area contributed by atoms with E-state index in [-0.39, 0.29) is 24.0 Å². The highest BCUT2D eigenvalue weighted by Crippen LogP contribution is 2.35. The van der Waals surface area contributed by atoms with Gasteiger partial charge < -0.3 is 14.8 Å². The van der Waals surface area contributed by atoms with Crippen LogP contribution in [0.5, 0.6) is 11.5 Å². The SMILES string of the molecule is COc1ccc(CNS(=O)(=O)c2cc3c(cc2Br)NC(=O)CO3)cc1. The zero-order chi connectivity index (χ0) is 18.0. The fourth-order valence-corrected chi connectivity index (χ4v) is 4.36. The fraction of sp³-hybridized carbons (Fsp3) is 0.188. The van der Waals surface area contributed by atoms with E-state index in [0.717, 1.165) is 5.56 Å². The second kappa shape index (κ2) is 7.03. The number of fused-ring (bicyclic) bond motifs is 1. The first-order chi connectivity index (χ1) is 11.9. The molecule has 0 spiro atoms. The lowest BCUT2D eigenvalue weighted by molar-refractivity contribution is -0.118. The van der Waals surface area contributed by atoms with Gasteiger partial charge in [0.15, 0.2) is 6.61 Å². The number of anilines is 1. The summed E-state index contributed by atoms with van der Waals surface area (Å²) in [6.07, 6.45) is 0. The Bertz CT molecular complexity index is 913. The Kier molecular flexibility index (Phi) is 4.98. The van der Waals surface area contributed by atoms with Gasteiger partial charge in [-0.3, -0.25) is 4.79 Å². The van der Waals surface area contributed by atoms with Gasteiger partial charge in [-0.05, 0) is 39.7 Å². The van der Waals surface area contributed by atoms with Gasteiger partial charge in [0.1, 0.15) is 16.4 Å². The van der Waals surface area contributed by atoms with Gasteiger partial charge in [0.25, 0.3) is 5.91 Å². The van der Waals surface area contributed by atoms with Gasteiger partial charge in [-0.15, -0.1) is 0 Å². The van der Waals surface area contributed by atoms with Crippen molar-refractivity contribution in [3.63, 3.8) is 0 Å². The van der Waals surface area contributed by atoms with Crippen LogP contribution < -0.4 is 19.5 Å². The molecule has 2 aromatic carbocycles. The third-order valence-corrected chi connectivity index (χ3v) is 5.94. The monoisotopic (exact) mass is 426 g/mol. The van der Waals surface area contributed by atoms with Gasteiger partial charge in [0.05, 0.1) is 12.8 Å². The zero-order valence-corrected chi connectivity index (χ0v) is 15.6. The van der Waals surface area contributed by atoms with E-state index in [4.69, 9.17) is 9.47 Å². The Labute approximate surface area is 153 Å². The molecule has 0 unspecified atom stereocenters. The number of ether oxygens (including phenoxy) is 2. The maximum atomic E-state index is 12.6. The van der Waals surface area contributed by atoms with Crippen molar-refractivity contribution in [3.05, 3.63) is 46.4 Å². The van der Waals surface area contributed by atoms with Crippen molar-refractivity contribution in [2.24, 2.45) is 0 Å². The number of nitrogens with one attached hydrogen (secondary N) is 2. The van der Waals surface area contributed by atoms with Crippen LogP contribution in [0.2, 0.25) is 0 Å². The van der Waals surface area contributed by atoms with Crippen LogP contribution in [0, 0.1) is 0 Å². The van der Waals surface area contributed by atoms with Crippen LogP contribution in [-0.4, -0.2) is 28.0 Å². The molecule has 1 heterocycles. The Balaban J connectivity index is 1.80. The Hall–Kier alpha value is -2.10. The van der Waals surface area contributed by atoms with Gasteiger partial charge in [0, 0.05) is 17.1 Å². The Morgan fingerprint density at radius 1 is 1.28 bits per heavy atom. The van der Waals surface area contributed by atoms with Crippen molar-refractivity contribution in [1.29, 1.82) is 0 Å². The van der Waals surface area contributed by atoms with Crippen molar-refractivity contribution in [3.8, 4) is 11.5 Å². The second-order valence-electron chi connectivity index (χ2n) is 5.29. The number of benzene rings is 2. The van der Waals surface area contributed by atoms with Crippen molar-refractivity contribution in [1.82, 2.24) is 4.72 Å². The lowest BCUT2D eigenvalue weighted by Crippen LogP contribution is -2.27. The molecular formula is C16H15BrN2O5S. The first-order valence-electron chi connectivity index (χ1n) is 7.28. The first kappa shape index (κ1) is 17.7. The number of sulfonamides is 1. The molecule has 0 saturated carbocycles. The van der Waals surface area contributed by atoms with E-state index in [0.29, 0.717) is 21.7 Å². The number of carbonyl (C=O) groups is 1. The van der Waals surface area contributed by atoms with Crippen molar-refractivity contribution in [2.45, 2.75) is 11.4 Å². The molecule has 1 amide bonds. The van der Waals surface area contributed by atoms with Crippen LogP contribution in [-0.2, 0) is 21.4 Å². The molecule has 0 bridgehead atoms. The molecule has 132 valence electrons. The van der Waals surface area contributed by atoms with Gasteiger partial charge in [-0.25, -0.2) is 13.1 Å². The molecule has 25 heavy (non-hydrogen) atoms. The number of halogens is 1. The normalized spacial score (nSPS) is 13.6. The minimum atomic E-state index is -3.77. The Morgan fingerprint density at radius 2 is 2.00 bits per heavy atom. The molecule has 0 aromatic heterocycles. The number of carbonyl (C=O) groups excluding carboxylic acids is 1. The van der Waals surface area contributed by atoms with E-state index < -0.39 is 10.0 Å². The number of hydrogen-bond acceptors (Lipinski definition) is 5. The minimum absolute atomic E-state index is 0.0379. The highest BCUT2D eigenvalue weighted by atomic mass is 79.9. The van der Waals surface area contributed by atoms with Crippen LogP contribution in [0.3, 0.4) is 0 Å². The number of amides is 1. The standard InChI is InChI=1S/C16H15BrN2O5S/c1-23-11-4-2-10(3-5-11)8-18-25(21,22)15-7-14-13(6-12(15)17)19-16(20)9-24-14/h2-7,18H,8-9H2,1H3,(H,19,20). The summed E-state index contributed by atoms with van der Waals surface area (Å²) in [5, 5.41) is 2.63. The predicted molar refractivity (Wildman–Crippen MR) is 95.3 cm³/mol. The fourth-order valence-electron chi connectivity index (χ4n) is 2.29. The highest BCUT2D eigenvalue weighted by molar-refractivity contribution is 9.10. The molecule has 9 heteroatoms. The molecule has 2 N–H and O–H groups in total. The Morgan fingerprint density at radius 3 is 2.68 bits per heavy atom. The van der Waals surface area contributed by atoms with Crippen LogP contribution in [0.1, 0.15) is 5.56 Å². The molecule has 3 rings (SSSR count). The van der Waals surface area contributed by atoms with Crippen molar-refractivity contribution in [2.75, 3.05) is 19.0 Å². The first-order valence-corrected chi connectivity index (χ1v) is 9.55. The summed E-state index contributed by atoms with van der Waals surface area (Å²) in [7, 11) is -2.21. The van der Waals surface area contributed by atoms with Crippen LogP contribution in [0.25, 0.3) is 0 Å². The average molecular weight is 427 g/mol. The predicted octanol–water partition coefficient (Wildman–Crippen LogP) is 2.27. The lowest BCUT2D eigenvalue weighted by atomic mass is 10.2. The largest absolute Gasteiger partial charge is 0.497 e. The quantitative estimate of drug-likeness (QED) is 0.764. The summed E-state index contributed by atoms with van der Waals surface area (Å²) in [5.41, 5.74) is 1.22. The van der Waals surface area contributed by atoms with Gasteiger partial charge in [-0.2, -0.15) is 0 Å². The second-order valence-corrected chi connectivity index (χ2v) is 7.88. The van der Waals surface area contributed by atoms with E-state index in [9.17, 15) is 13.2 Å². The van der Waals surface area contributed by atoms with Gasteiger partial charge in [-0.1, -0.05) is 12.1 Å². The number of rotatable bonds is 5. The van der Waals surface area contributed by atoms with E-state index >= 15 is 0 Å². The third-order valence-electron chi connectivity index (χ3n) is 3.58. The molecular weight excluding hydrogens is 412 g/mol. The molecule has 0 saturated heterocycles. The summed E-state index contributed by atoms with van der Waals surface area (Å²) in [4.78, 5) is 11.4. The summed E-state index contributed by atoms with van der Waals surface area (Å²) < 4.78 is 38.4. The van der Waals surface area contributed by atoms with Crippen LogP contribution >= 0.6 is 15.9 Å². The summed E-state index contributed by atoms with van der Waals surface area (Å²) >= 11 is 3.23. The van der Waals surface area contributed by atoms with Gasteiger partial charge in [0.2, 0.25) is 10.0 Å².